The summed E-state index contributed by atoms with van der Waals surface area (Å²) in [6.07, 6.45) is 4.07. The summed E-state index contributed by atoms with van der Waals surface area (Å²) in [5.74, 6) is 0.478. The van der Waals surface area contributed by atoms with Crippen molar-refractivity contribution in [2.45, 2.75) is 26.2 Å². The fraction of sp³-hybridized carbons (Fsp3) is 0.174. The van der Waals surface area contributed by atoms with Gasteiger partial charge in [0.2, 0.25) is 0 Å². The number of rotatable bonds is 4. The number of pyridine rings is 2. The van der Waals surface area contributed by atoms with E-state index in [0.29, 0.717) is 12.2 Å². The van der Waals surface area contributed by atoms with Gasteiger partial charge in [-0.15, -0.1) is 0 Å². The van der Waals surface area contributed by atoms with Crippen LogP contribution in [0.4, 0.5) is 5.82 Å². The largest absolute Gasteiger partial charge is 0.382 e. The molecule has 0 spiro atoms. The number of hydrogen-bond donors (Lipinski definition) is 1. The maximum atomic E-state index is 8.80. The van der Waals surface area contributed by atoms with Crippen molar-refractivity contribution in [2.24, 2.45) is 0 Å². The van der Waals surface area contributed by atoms with Crippen LogP contribution in [0, 0.1) is 18.3 Å². The van der Waals surface area contributed by atoms with Gasteiger partial charge in [-0.25, -0.2) is 4.98 Å². The lowest BCUT2D eigenvalue weighted by atomic mass is 9.97. The predicted molar refractivity (Wildman–Crippen MR) is 109 cm³/mol. The second-order valence-electron chi connectivity index (χ2n) is 6.86. The van der Waals surface area contributed by atoms with Crippen molar-refractivity contribution < 1.29 is 0 Å². The highest BCUT2D eigenvalue weighted by atomic mass is 14.9. The second-order valence-corrected chi connectivity index (χ2v) is 6.86. The van der Waals surface area contributed by atoms with Gasteiger partial charge in [0.15, 0.2) is 5.82 Å². The van der Waals surface area contributed by atoms with E-state index >= 15 is 0 Å². The molecule has 4 nitrogen and oxygen atoms in total. The molecule has 0 unspecified atom stereocenters. The van der Waals surface area contributed by atoms with Crippen LogP contribution >= 0.6 is 0 Å². The van der Waals surface area contributed by atoms with Gasteiger partial charge in [-0.1, -0.05) is 36.4 Å². The second kappa shape index (κ2) is 7.05. The van der Waals surface area contributed by atoms with Gasteiger partial charge in [0, 0.05) is 17.0 Å². The molecule has 132 valence electrons. The first-order valence-corrected chi connectivity index (χ1v) is 9.04. The first-order chi connectivity index (χ1) is 13.2. The van der Waals surface area contributed by atoms with Crippen LogP contribution in [0.2, 0.25) is 0 Å². The Labute approximate surface area is 158 Å². The summed E-state index contributed by atoms with van der Waals surface area (Å²) < 4.78 is 0. The lowest BCUT2D eigenvalue weighted by molar-refractivity contribution is 0.965. The van der Waals surface area contributed by atoms with Crippen LogP contribution in [-0.4, -0.2) is 9.97 Å². The Morgan fingerprint density at radius 2 is 1.78 bits per heavy atom. The highest BCUT2D eigenvalue weighted by molar-refractivity contribution is 6.09. The van der Waals surface area contributed by atoms with E-state index in [-0.39, 0.29) is 0 Å². The van der Waals surface area contributed by atoms with Gasteiger partial charge in [-0.3, -0.25) is 4.98 Å². The predicted octanol–water partition coefficient (Wildman–Crippen LogP) is 4.52. The maximum absolute atomic E-state index is 8.80. The van der Waals surface area contributed by atoms with E-state index in [1.165, 1.54) is 11.1 Å². The zero-order chi connectivity index (χ0) is 18.8. The maximum Gasteiger partial charge on any atom is 0.150 e. The highest BCUT2D eigenvalue weighted by Crippen LogP contribution is 2.30. The molecule has 4 heteroatoms. The summed E-state index contributed by atoms with van der Waals surface area (Å²) in [6.45, 7) is 2.06. The van der Waals surface area contributed by atoms with Crippen molar-refractivity contribution in [1.82, 2.24) is 9.97 Å². The van der Waals surface area contributed by atoms with Crippen molar-refractivity contribution in [1.29, 1.82) is 5.26 Å². The lowest BCUT2D eigenvalue weighted by Gasteiger charge is -2.11. The van der Waals surface area contributed by atoms with E-state index in [1.54, 1.807) is 0 Å². The number of hydrogen-bond acceptors (Lipinski definition) is 4. The van der Waals surface area contributed by atoms with Crippen LogP contribution in [0.1, 0.15) is 22.3 Å². The topological polar surface area (TPSA) is 75.6 Å². The van der Waals surface area contributed by atoms with Crippen molar-refractivity contribution >= 4 is 27.6 Å². The molecule has 0 fully saturated rings. The number of nitrogens with two attached hydrogens (primary N) is 1. The van der Waals surface area contributed by atoms with Crippen molar-refractivity contribution in [3.05, 3.63) is 77.0 Å². The van der Waals surface area contributed by atoms with E-state index in [9.17, 15) is 0 Å². The van der Waals surface area contributed by atoms with E-state index in [1.807, 2.05) is 18.3 Å². The van der Waals surface area contributed by atoms with Crippen molar-refractivity contribution in [2.75, 3.05) is 5.73 Å². The third-order valence-electron chi connectivity index (χ3n) is 4.93. The Bertz CT molecular complexity index is 1170. The van der Waals surface area contributed by atoms with Crippen molar-refractivity contribution in [3.8, 4) is 6.07 Å². The summed E-state index contributed by atoms with van der Waals surface area (Å²) in [7, 11) is 0. The molecular formula is C23H20N4. The number of anilines is 1. The number of nitrogens with zero attached hydrogens (tertiary/aromatic N) is 3. The van der Waals surface area contributed by atoms with Crippen LogP contribution in [0.15, 0.2) is 54.7 Å². The molecule has 2 N–H and O–H groups in total. The molecule has 0 aliphatic heterocycles. The smallest absolute Gasteiger partial charge is 0.150 e. The number of nitriles is 1. The minimum absolute atomic E-state index is 0.451. The summed E-state index contributed by atoms with van der Waals surface area (Å²) in [5.41, 5.74) is 12.6. The average Bonchev–Trinajstić information content (AvgIpc) is 2.67. The van der Waals surface area contributed by atoms with Crippen LogP contribution in [0.25, 0.3) is 21.8 Å². The van der Waals surface area contributed by atoms with Gasteiger partial charge in [0.1, 0.15) is 5.52 Å². The third kappa shape index (κ3) is 3.32. The van der Waals surface area contributed by atoms with E-state index < -0.39 is 0 Å². The molecule has 4 rings (SSSR count). The molecule has 0 aliphatic carbocycles. The van der Waals surface area contributed by atoms with Crippen LogP contribution in [-0.2, 0) is 19.3 Å². The Hall–Kier alpha value is -3.45. The van der Waals surface area contributed by atoms with Gasteiger partial charge in [0.05, 0.1) is 18.0 Å². The van der Waals surface area contributed by atoms with E-state index in [4.69, 9.17) is 11.0 Å². The molecule has 2 aromatic heterocycles. The number of nitrogen functional groups attached to an aromatic ring is 1. The Kier molecular flexibility index (Phi) is 4.43. The third-order valence-corrected chi connectivity index (χ3v) is 4.93. The molecule has 2 aromatic carbocycles. The standard InChI is InChI=1S/C23H20N4/c1-15-2-9-19-20(14-15)27-23(25)22-21(19)18(11-13-26-22)8-7-16-3-5-17(6-4-16)10-12-24/h2-6,9,11,13-14H,7-8,10H2,1H3,(H2,25,27). The summed E-state index contributed by atoms with van der Waals surface area (Å²) in [4.78, 5) is 9.02. The molecule has 0 bridgehead atoms. The quantitative estimate of drug-likeness (QED) is 0.548. The SMILES string of the molecule is Cc1ccc2c(c1)nc(N)c1nccc(CCc3ccc(CC#N)cc3)c12. The van der Waals surface area contributed by atoms with Gasteiger partial charge in [-0.2, -0.15) is 5.26 Å². The molecule has 2 heterocycles. The fourth-order valence-corrected chi connectivity index (χ4v) is 3.53. The molecule has 0 atom stereocenters. The van der Waals surface area contributed by atoms with Gasteiger partial charge in [0.25, 0.3) is 0 Å². The minimum atomic E-state index is 0.451. The van der Waals surface area contributed by atoms with Crippen molar-refractivity contribution in [3.63, 3.8) is 0 Å². The summed E-state index contributed by atoms with van der Waals surface area (Å²) in [6, 6.07) is 18.8. The molecular weight excluding hydrogens is 332 g/mol. The van der Waals surface area contributed by atoms with E-state index in [2.05, 4.69) is 59.4 Å². The highest BCUT2D eigenvalue weighted by Gasteiger charge is 2.11. The zero-order valence-corrected chi connectivity index (χ0v) is 15.2. The Morgan fingerprint density at radius 3 is 2.56 bits per heavy atom. The molecule has 0 saturated heterocycles. The Morgan fingerprint density at radius 1 is 1.00 bits per heavy atom. The molecule has 0 radical (unpaired) electrons. The average molecular weight is 352 g/mol. The number of aromatic nitrogens is 2. The molecule has 0 amide bonds. The van der Waals surface area contributed by atoms with Crippen LogP contribution < -0.4 is 5.73 Å². The normalized spacial score (nSPS) is 11.0. The zero-order valence-electron chi connectivity index (χ0n) is 15.2. The number of benzene rings is 2. The minimum Gasteiger partial charge on any atom is -0.382 e. The first-order valence-electron chi connectivity index (χ1n) is 9.04. The van der Waals surface area contributed by atoms with Gasteiger partial charge in [-0.05, 0) is 54.2 Å². The molecule has 4 aromatic rings. The van der Waals surface area contributed by atoms with Gasteiger partial charge >= 0.3 is 0 Å². The molecule has 27 heavy (non-hydrogen) atoms. The molecule has 0 saturated carbocycles. The van der Waals surface area contributed by atoms with E-state index in [0.717, 1.165) is 45.8 Å². The lowest BCUT2D eigenvalue weighted by Crippen LogP contribution is -2.00. The monoisotopic (exact) mass is 352 g/mol. The Balaban J connectivity index is 1.73. The van der Waals surface area contributed by atoms with Gasteiger partial charge < -0.3 is 5.73 Å². The number of aryl methyl sites for hydroxylation is 3. The van der Waals surface area contributed by atoms with Crippen LogP contribution in [0.5, 0.6) is 0 Å². The fourth-order valence-electron chi connectivity index (χ4n) is 3.53. The first kappa shape index (κ1) is 17.0. The number of fused-ring (bicyclic) bond motifs is 3. The molecule has 0 aliphatic rings. The summed E-state index contributed by atoms with van der Waals surface area (Å²) >= 11 is 0. The summed E-state index contributed by atoms with van der Waals surface area (Å²) in [5, 5.41) is 11.0. The van der Waals surface area contributed by atoms with Crippen LogP contribution in [0.3, 0.4) is 0 Å².